The van der Waals surface area contributed by atoms with Crippen LogP contribution in [0.25, 0.3) is 0 Å². The summed E-state index contributed by atoms with van der Waals surface area (Å²) in [5.41, 5.74) is 1.43. The number of allylic oxidation sites excluding steroid dienone is 2. The van der Waals surface area contributed by atoms with E-state index in [9.17, 15) is 5.11 Å². The monoisotopic (exact) mass is 239 g/mol. The van der Waals surface area contributed by atoms with Gasteiger partial charge < -0.3 is 10.0 Å². The first kappa shape index (κ1) is 14.7. The van der Waals surface area contributed by atoms with Crippen LogP contribution in [0.2, 0.25) is 0 Å². The maximum Gasteiger partial charge on any atom is 0.0471 e. The molecule has 0 aliphatic carbocycles. The van der Waals surface area contributed by atoms with Gasteiger partial charge in [0.2, 0.25) is 0 Å². The summed E-state index contributed by atoms with van der Waals surface area (Å²) in [5.74, 6) is 1.29. The minimum absolute atomic E-state index is 0.364. The van der Waals surface area contributed by atoms with Crippen LogP contribution in [0.15, 0.2) is 11.6 Å². The fourth-order valence-corrected chi connectivity index (χ4v) is 2.65. The highest BCUT2D eigenvalue weighted by Gasteiger charge is 2.20. The first-order valence-electron chi connectivity index (χ1n) is 7.08. The Hall–Kier alpha value is -0.340. The molecule has 0 bridgehead atoms. The molecule has 2 heteroatoms. The molecule has 17 heavy (non-hydrogen) atoms. The topological polar surface area (TPSA) is 23.5 Å². The summed E-state index contributed by atoms with van der Waals surface area (Å²) in [4.78, 5) is 2.54. The van der Waals surface area contributed by atoms with Crippen LogP contribution in [0.1, 0.15) is 46.5 Å². The number of aliphatic hydroxyl groups excluding tert-OH is 1. The van der Waals surface area contributed by atoms with Crippen molar-refractivity contribution in [2.45, 2.75) is 46.5 Å². The minimum atomic E-state index is 0.364. The average Bonchev–Trinajstić information content (AvgIpc) is 2.28. The number of nitrogens with zero attached hydrogens (tertiary/aromatic N) is 1. The SMILES string of the molecule is CC(C)=CCCC(C)CN1CCCC(CO)C1. The first-order valence-corrected chi connectivity index (χ1v) is 7.08. The van der Waals surface area contributed by atoms with Crippen molar-refractivity contribution in [1.82, 2.24) is 4.90 Å². The average molecular weight is 239 g/mol. The zero-order valence-corrected chi connectivity index (χ0v) is 11.8. The van der Waals surface area contributed by atoms with Crippen molar-refractivity contribution in [3.05, 3.63) is 11.6 Å². The number of rotatable bonds is 6. The Bertz CT molecular complexity index is 233. The van der Waals surface area contributed by atoms with Crippen molar-refractivity contribution in [2.24, 2.45) is 11.8 Å². The third-order valence-electron chi connectivity index (χ3n) is 3.64. The molecule has 0 spiro atoms. The standard InChI is InChI=1S/C15H29NO/c1-13(2)6-4-7-14(3)10-16-9-5-8-15(11-16)12-17/h6,14-15,17H,4-5,7-12H2,1-3H3. The maximum absolute atomic E-state index is 9.21. The molecule has 1 aliphatic rings. The second-order valence-corrected chi connectivity index (χ2v) is 5.91. The molecule has 1 N–H and O–H groups in total. The summed E-state index contributed by atoms with van der Waals surface area (Å²) < 4.78 is 0. The number of piperidine rings is 1. The van der Waals surface area contributed by atoms with Crippen molar-refractivity contribution < 1.29 is 5.11 Å². The van der Waals surface area contributed by atoms with Crippen LogP contribution in [-0.4, -0.2) is 36.2 Å². The zero-order chi connectivity index (χ0) is 12.7. The summed E-state index contributed by atoms with van der Waals surface area (Å²) in [6.45, 7) is 10.6. The highest BCUT2D eigenvalue weighted by atomic mass is 16.3. The van der Waals surface area contributed by atoms with E-state index in [2.05, 4.69) is 31.7 Å². The van der Waals surface area contributed by atoms with Gasteiger partial charge in [-0.25, -0.2) is 0 Å². The van der Waals surface area contributed by atoms with Crippen LogP contribution in [0, 0.1) is 11.8 Å². The van der Waals surface area contributed by atoms with Gasteiger partial charge in [0.1, 0.15) is 0 Å². The van der Waals surface area contributed by atoms with Crippen LogP contribution >= 0.6 is 0 Å². The van der Waals surface area contributed by atoms with Gasteiger partial charge in [-0.05, 0) is 57.9 Å². The third-order valence-corrected chi connectivity index (χ3v) is 3.64. The molecule has 0 saturated carbocycles. The molecule has 1 aliphatic heterocycles. The summed E-state index contributed by atoms with van der Waals surface area (Å²) >= 11 is 0. The predicted molar refractivity (Wildman–Crippen MR) is 74.1 cm³/mol. The van der Waals surface area contributed by atoms with E-state index in [1.807, 2.05) is 0 Å². The normalized spacial score (nSPS) is 23.4. The number of likely N-dealkylation sites (tertiary alicyclic amines) is 1. The maximum atomic E-state index is 9.21. The summed E-state index contributed by atoms with van der Waals surface area (Å²) in [5, 5.41) is 9.21. The predicted octanol–water partition coefficient (Wildman–Crippen LogP) is 3.07. The van der Waals surface area contributed by atoms with Gasteiger partial charge >= 0.3 is 0 Å². The smallest absolute Gasteiger partial charge is 0.0471 e. The van der Waals surface area contributed by atoms with Gasteiger partial charge in [-0.15, -0.1) is 0 Å². The molecule has 0 amide bonds. The molecule has 1 saturated heterocycles. The summed E-state index contributed by atoms with van der Waals surface area (Å²) in [7, 11) is 0. The summed E-state index contributed by atoms with van der Waals surface area (Å²) in [6.07, 6.45) is 7.29. The minimum Gasteiger partial charge on any atom is -0.396 e. The quantitative estimate of drug-likeness (QED) is 0.720. The molecule has 1 rings (SSSR count). The molecule has 2 nitrogen and oxygen atoms in total. The number of hydrogen-bond acceptors (Lipinski definition) is 2. The molecule has 0 aromatic rings. The van der Waals surface area contributed by atoms with Gasteiger partial charge in [0.25, 0.3) is 0 Å². The second-order valence-electron chi connectivity index (χ2n) is 5.91. The third kappa shape index (κ3) is 6.23. The fourth-order valence-electron chi connectivity index (χ4n) is 2.65. The van der Waals surface area contributed by atoms with Crippen molar-refractivity contribution >= 4 is 0 Å². The van der Waals surface area contributed by atoms with Crippen LogP contribution < -0.4 is 0 Å². The van der Waals surface area contributed by atoms with E-state index in [-0.39, 0.29) is 0 Å². The fraction of sp³-hybridized carbons (Fsp3) is 0.867. The first-order chi connectivity index (χ1) is 8.11. The molecular weight excluding hydrogens is 210 g/mol. The van der Waals surface area contributed by atoms with E-state index >= 15 is 0 Å². The zero-order valence-electron chi connectivity index (χ0n) is 11.8. The van der Waals surface area contributed by atoms with E-state index < -0.39 is 0 Å². The van der Waals surface area contributed by atoms with E-state index in [1.54, 1.807) is 0 Å². The molecule has 2 atom stereocenters. The van der Waals surface area contributed by atoms with E-state index in [4.69, 9.17) is 0 Å². The van der Waals surface area contributed by atoms with Gasteiger partial charge in [0.15, 0.2) is 0 Å². The summed E-state index contributed by atoms with van der Waals surface area (Å²) in [6, 6.07) is 0. The Morgan fingerprint density at radius 3 is 2.88 bits per heavy atom. The van der Waals surface area contributed by atoms with Crippen LogP contribution in [0.4, 0.5) is 0 Å². The molecule has 100 valence electrons. The van der Waals surface area contributed by atoms with E-state index in [0.717, 1.165) is 12.5 Å². The van der Waals surface area contributed by atoms with Crippen LogP contribution in [0.5, 0.6) is 0 Å². The Balaban J connectivity index is 2.21. The molecule has 0 aromatic heterocycles. The lowest BCUT2D eigenvalue weighted by atomic mass is 9.97. The molecule has 2 unspecified atom stereocenters. The number of hydrogen-bond donors (Lipinski definition) is 1. The van der Waals surface area contributed by atoms with Gasteiger partial charge in [-0.2, -0.15) is 0 Å². The van der Waals surface area contributed by atoms with Crippen molar-refractivity contribution in [1.29, 1.82) is 0 Å². The Kier molecular flexibility index (Phi) is 6.83. The Labute approximate surface area is 107 Å². The lowest BCUT2D eigenvalue weighted by molar-refractivity contribution is 0.109. The van der Waals surface area contributed by atoms with Gasteiger partial charge in [0.05, 0.1) is 0 Å². The van der Waals surface area contributed by atoms with Crippen molar-refractivity contribution in [3.63, 3.8) is 0 Å². The van der Waals surface area contributed by atoms with Gasteiger partial charge in [-0.1, -0.05) is 18.6 Å². The molecule has 0 aromatic carbocycles. The van der Waals surface area contributed by atoms with Crippen LogP contribution in [0.3, 0.4) is 0 Å². The van der Waals surface area contributed by atoms with E-state index in [1.165, 1.54) is 44.3 Å². The molecule has 0 radical (unpaired) electrons. The van der Waals surface area contributed by atoms with Crippen molar-refractivity contribution in [2.75, 3.05) is 26.2 Å². The van der Waals surface area contributed by atoms with Gasteiger partial charge in [0, 0.05) is 19.7 Å². The van der Waals surface area contributed by atoms with Crippen molar-refractivity contribution in [3.8, 4) is 0 Å². The Morgan fingerprint density at radius 2 is 2.24 bits per heavy atom. The number of aliphatic hydroxyl groups is 1. The molecular formula is C15H29NO. The molecule has 1 fully saturated rings. The highest BCUT2D eigenvalue weighted by molar-refractivity contribution is 4.92. The largest absolute Gasteiger partial charge is 0.396 e. The molecule has 1 heterocycles. The van der Waals surface area contributed by atoms with Crippen LogP contribution in [-0.2, 0) is 0 Å². The second kappa shape index (κ2) is 7.88. The Morgan fingerprint density at radius 1 is 1.47 bits per heavy atom. The van der Waals surface area contributed by atoms with E-state index in [0.29, 0.717) is 12.5 Å². The highest BCUT2D eigenvalue weighted by Crippen LogP contribution is 2.18. The lowest BCUT2D eigenvalue weighted by Gasteiger charge is -2.33. The van der Waals surface area contributed by atoms with Gasteiger partial charge in [-0.3, -0.25) is 0 Å². The lowest BCUT2D eigenvalue weighted by Crippen LogP contribution is -2.39.